The SMILES string of the molecule is Cn1ccc2cc(-c3ccc(C(=O)NCC(=O)N4CC5(CC4C(=O)NCc4cc(C#N)cs4)OCCO5)cc3)ccc21. The number of carbonyl (C=O) groups excluding carboxylic acids is 3. The Morgan fingerprint density at radius 2 is 1.81 bits per heavy atom. The van der Waals surface area contributed by atoms with Crippen LogP contribution in [0.4, 0.5) is 0 Å². The van der Waals surface area contributed by atoms with Crippen molar-refractivity contribution in [2.75, 3.05) is 26.3 Å². The van der Waals surface area contributed by atoms with Gasteiger partial charge in [0.15, 0.2) is 5.79 Å². The number of carbonyl (C=O) groups is 3. The second-order valence-corrected chi connectivity index (χ2v) is 11.4. The average molecular weight is 584 g/mol. The first-order valence-corrected chi connectivity index (χ1v) is 14.5. The first kappa shape index (κ1) is 27.7. The fraction of sp³-hybridized carbons (Fsp3) is 0.290. The Morgan fingerprint density at radius 3 is 2.55 bits per heavy atom. The van der Waals surface area contributed by atoms with Crippen molar-refractivity contribution in [2.24, 2.45) is 7.05 Å². The van der Waals surface area contributed by atoms with E-state index >= 15 is 0 Å². The number of nitrogens with one attached hydrogen (secondary N) is 2. The van der Waals surface area contributed by atoms with Crippen LogP contribution in [0.2, 0.25) is 0 Å². The molecule has 6 rings (SSSR count). The molecule has 10 nitrogen and oxygen atoms in total. The van der Waals surface area contributed by atoms with Crippen molar-refractivity contribution in [1.82, 2.24) is 20.1 Å². The number of fused-ring (bicyclic) bond motifs is 1. The maximum Gasteiger partial charge on any atom is 0.251 e. The van der Waals surface area contributed by atoms with Gasteiger partial charge in [0.05, 0.1) is 38.4 Å². The van der Waals surface area contributed by atoms with Crippen molar-refractivity contribution in [3.63, 3.8) is 0 Å². The number of rotatable bonds is 7. The van der Waals surface area contributed by atoms with Gasteiger partial charge in [-0.2, -0.15) is 5.26 Å². The Hall–Kier alpha value is -4.50. The molecule has 2 aromatic carbocycles. The van der Waals surface area contributed by atoms with E-state index in [9.17, 15) is 14.4 Å². The number of nitrogens with zero attached hydrogens (tertiary/aromatic N) is 3. The summed E-state index contributed by atoms with van der Waals surface area (Å²) in [5, 5.41) is 17.4. The fourth-order valence-corrected chi connectivity index (χ4v) is 6.25. The predicted molar refractivity (Wildman–Crippen MR) is 156 cm³/mol. The van der Waals surface area contributed by atoms with Gasteiger partial charge in [0, 0.05) is 46.4 Å². The van der Waals surface area contributed by atoms with Gasteiger partial charge in [-0.05, 0) is 47.5 Å². The third-order valence-electron chi connectivity index (χ3n) is 7.71. The molecule has 11 heteroatoms. The number of aryl methyl sites for hydroxylation is 1. The summed E-state index contributed by atoms with van der Waals surface area (Å²) in [6, 6.07) is 18.5. The van der Waals surface area contributed by atoms with Crippen LogP contribution in [-0.4, -0.2) is 65.3 Å². The van der Waals surface area contributed by atoms with Gasteiger partial charge in [-0.3, -0.25) is 14.4 Å². The number of nitriles is 1. The summed E-state index contributed by atoms with van der Waals surface area (Å²) in [6.07, 6.45) is 2.22. The molecule has 2 aliphatic heterocycles. The minimum absolute atomic E-state index is 0.0951. The van der Waals surface area contributed by atoms with E-state index in [0.717, 1.165) is 26.9 Å². The van der Waals surface area contributed by atoms with Crippen LogP contribution in [0.1, 0.15) is 27.2 Å². The van der Waals surface area contributed by atoms with E-state index in [1.807, 2.05) is 31.4 Å². The number of hydrogen-bond donors (Lipinski definition) is 2. The van der Waals surface area contributed by atoms with Crippen LogP contribution in [0.3, 0.4) is 0 Å². The first-order valence-electron chi connectivity index (χ1n) is 13.6. The van der Waals surface area contributed by atoms with Crippen LogP contribution in [-0.2, 0) is 32.7 Å². The Kier molecular flexibility index (Phi) is 7.51. The Bertz CT molecular complexity index is 1700. The Morgan fingerprint density at radius 1 is 1.05 bits per heavy atom. The summed E-state index contributed by atoms with van der Waals surface area (Å²) >= 11 is 1.38. The summed E-state index contributed by atoms with van der Waals surface area (Å²) < 4.78 is 13.6. The first-order chi connectivity index (χ1) is 20.3. The van der Waals surface area contributed by atoms with Gasteiger partial charge < -0.3 is 29.6 Å². The van der Waals surface area contributed by atoms with E-state index < -0.39 is 17.7 Å². The second-order valence-electron chi connectivity index (χ2n) is 10.4. The Labute approximate surface area is 246 Å². The van der Waals surface area contributed by atoms with Gasteiger partial charge in [0.1, 0.15) is 12.1 Å². The number of thiophene rings is 1. The van der Waals surface area contributed by atoms with Crippen molar-refractivity contribution in [3.8, 4) is 17.2 Å². The summed E-state index contributed by atoms with van der Waals surface area (Å²) in [6.45, 7) is 0.826. The van der Waals surface area contributed by atoms with Crippen molar-refractivity contribution in [2.45, 2.75) is 24.8 Å². The highest BCUT2D eigenvalue weighted by molar-refractivity contribution is 7.10. The Balaban J connectivity index is 1.08. The molecule has 214 valence electrons. The van der Waals surface area contributed by atoms with Crippen molar-refractivity contribution >= 4 is 40.0 Å². The summed E-state index contributed by atoms with van der Waals surface area (Å²) in [5.41, 5.74) is 4.13. The zero-order chi connectivity index (χ0) is 29.3. The lowest BCUT2D eigenvalue weighted by Crippen LogP contribution is -2.49. The molecule has 0 bridgehead atoms. The van der Waals surface area contributed by atoms with Crippen LogP contribution in [0.25, 0.3) is 22.0 Å². The van der Waals surface area contributed by atoms with Crippen LogP contribution >= 0.6 is 11.3 Å². The maximum atomic E-state index is 13.3. The molecule has 0 aliphatic carbocycles. The lowest BCUT2D eigenvalue weighted by Gasteiger charge is -2.24. The third-order valence-corrected chi connectivity index (χ3v) is 8.65. The quantitative estimate of drug-likeness (QED) is 0.344. The van der Waals surface area contributed by atoms with Crippen molar-refractivity contribution in [1.29, 1.82) is 5.26 Å². The molecule has 1 unspecified atom stereocenters. The molecule has 2 aliphatic rings. The number of likely N-dealkylation sites (tertiary alicyclic amines) is 1. The molecule has 2 N–H and O–H groups in total. The van der Waals surface area contributed by atoms with E-state index in [-0.39, 0.29) is 37.9 Å². The predicted octanol–water partition coefficient (Wildman–Crippen LogP) is 3.17. The molecule has 3 amide bonds. The zero-order valence-corrected chi connectivity index (χ0v) is 23.8. The number of benzene rings is 2. The lowest BCUT2D eigenvalue weighted by molar-refractivity contribution is -0.152. The average Bonchev–Trinajstić information content (AvgIpc) is 3.82. The van der Waals surface area contributed by atoms with E-state index in [1.54, 1.807) is 23.6 Å². The minimum Gasteiger partial charge on any atom is -0.351 e. The maximum absolute atomic E-state index is 13.3. The molecular weight excluding hydrogens is 554 g/mol. The molecule has 1 spiro atoms. The van der Waals surface area contributed by atoms with Gasteiger partial charge in [-0.15, -0.1) is 11.3 Å². The number of hydrogen-bond acceptors (Lipinski definition) is 7. The highest BCUT2D eigenvalue weighted by atomic mass is 32.1. The van der Waals surface area contributed by atoms with Crippen LogP contribution in [0.15, 0.2) is 66.2 Å². The highest BCUT2D eigenvalue weighted by Gasteiger charge is 2.52. The van der Waals surface area contributed by atoms with E-state index in [4.69, 9.17) is 14.7 Å². The number of aromatic nitrogens is 1. The zero-order valence-electron chi connectivity index (χ0n) is 23.0. The highest BCUT2D eigenvalue weighted by Crippen LogP contribution is 2.35. The molecule has 4 aromatic rings. The molecule has 2 saturated heterocycles. The number of amides is 3. The molecular formula is C31H29N5O5S. The summed E-state index contributed by atoms with van der Waals surface area (Å²) in [7, 11) is 2.01. The van der Waals surface area contributed by atoms with Gasteiger partial charge >= 0.3 is 0 Å². The van der Waals surface area contributed by atoms with E-state index in [0.29, 0.717) is 24.3 Å². The lowest BCUT2D eigenvalue weighted by atomic mass is 10.0. The molecule has 42 heavy (non-hydrogen) atoms. The topological polar surface area (TPSA) is 126 Å². The molecule has 1 atom stereocenters. The monoisotopic (exact) mass is 583 g/mol. The van der Waals surface area contributed by atoms with Gasteiger partial charge in [-0.1, -0.05) is 18.2 Å². The molecule has 4 heterocycles. The van der Waals surface area contributed by atoms with Gasteiger partial charge in [0.2, 0.25) is 11.8 Å². The van der Waals surface area contributed by atoms with Crippen molar-refractivity contribution < 1.29 is 23.9 Å². The summed E-state index contributed by atoms with van der Waals surface area (Å²) in [4.78, 5) is 41.6. The van der Waals surface area contributed by atoms with Crippen LogP contribution < -0.4 is 10.6 Å². The fourth-order valence-electron chi connectivity index (χ4n) is 5.50. The smallest absolute Gasteiger partial charge is 0.251 e. The van der Waals surface area contributed by atoms with E-state index in [1.165, 1.54) is 16.2 Å². The van der Waals surface area contributed by atoms with Crippen LogP contribution in [0, 0.1) is 11.3 Å². The third kappa shape index (κ3) is 5.52. The van der Waals surface area contributed by atoms with E-state index in [2.05, 4.69) is 39.5 Å². The molecule has 2 fully saturated rings. The van der Waals surface area contributed by atoms with Crippen LogP contribution in [0.5, 0.6) is 0 Å². The largest absolute Gasteiger partial charge is 0.351 e. The van der Waals surface area contributed by atoms with Gasteiger partial charge in [-0.25, -0.2) is 0 Å². The minimum atomic E-state index is -1.03. The number of ether oxygens (including phenoxy) is 2. The van der Waals surface area contributed by atoms with Crippen molar-refractivity contribution in [3.05, 3.63) is 82.2 Å². The van der Waals surface area contributed by atoms with Gasteiger partial charge in [0.25, 0.3) is 5.91 Å². The molecule has 0 radical (unpaired) electrons. The second kappa shape index (κ2) is 11.4. The standard InChI is InChI=1S/C31H29N5O5S/c1-35-9-8-24-13-23(6-7-26(24)35)21-2-4-22(5-3-21)29(38)34-17-28(37)36-19-31(40-10-11-41-31)14-27(36)30(39)33-16-25-12-20(15-32)18-42-25/h2-9,12-13,18,27H,10-11,14,16-17,19H2,1H3,(H,33,39)(H,34,38). The normalized spacial score (nSPS) is 17.4. The summed E-state index contributed by atoms with van der Waals surface area (Å²) in [5.74, 6) is -2.17. The molecule has 2 aromatic heterocycles. The molecule has 0 saturated carbocycles.